The Morgan fingerprint density at radius 1 is 1.38 bits per heavy atom. The second-order valence-electron chi connectivity index (χ2n) is 4.36. The summed E-state index contributed by atoms with van der Waals surface area (Å²) in [5.41, 5.74) is 6.71. The lowest BCUT2D eigenvalue weighted by Gasteiger charge is -2.17. The van der Waals surface area contributed by atoms with E-state index in [2.05, 4.69) is 38.4 Å². The van der Waals surface area contributed by atoms with E-state index in [0.717, 1.165) is 12.2 Å². The minimum atomic E-state index is 0.142. The van der Waals surface area contributed by atoms with Gasteiger partial charge in [0.1, 0.15) is 11.9 Å². The average Bonchev–Trinajstić information content (AvgIpc) is 2.58. The second-order valence-corrected chi connectivity index (χ2v) is 4.36. The highest BCUT2D eigenvalue weighted by Gasteiger charge is 2.34. The van der Waals surface area contributed by atoms with Gasteiger partial charge < -0.3 is 9.57 Å². The Labute approximate surface area is 96.7 Å². The van der Waals surface area contributed by atoms with E-state index in [4.69, 9.17) is 9.57 Å². The van der Waals surface area contributed by atoms with Crippen LogP contribution in [0.5, 0.6) is 5.75 Å². The van der Waals surface area contributed by atoms with Gasteiger partial charge >= 0.3 is 0 Å². The third-order valence-corrected chi connectivity index (χ3v) is 3.07. The molecule has 2 unspecified atom stereocenters. The maximum Gasteiger partial charge on any atom is 0.127 e. The summed E-state index contributed by atoms with van der Waals surface area (Å²) in [6.45, 7) is 6.33. The maximum atomic E-state index is 5.96. The zero-order valence-corrected chi connectivity index (χ0v) is 10.3. The van der Waals surface area contributed by atoms with Crippen molar-refractivity contribution in [1.29, 1.82) is 0 Å². The molecule has 2 atom stereocenters. The van der Waals surface area contributed by atoms with Gasteiger partial charge in [-0.1, -0.05) is 24.6 Å². The number of ether oxygens (including phenoxy) is 1. The molecule has 3 heteroatoms. The Kier molecular flexibility index (Phi) is 3.17. The number of hydroxylamine groups is 1. The number of hydrogen-bond acceptors (Lipinski definition) is 3. The summed E-state index contributed by atoms with van der Waals surface area (Å²) in [5.74, 6) is 1.02. The van der Waals surface area contributed by atoms with Gasteiger partial charge in [-0.25, -0.2) is 0 Å². The van der Waals surface area contributed by atoms with Gasteiger partial charge in [-0.15, -0.1) is 0 Å². The molecule has 16 heavy (non-hydrogen) atoms. The summed E-state index contributed by atoms with van der Waals surface area (Å²) < 4.78 is 5.96. The third kappa shape index (κ3) is 1.81. The van der Waals surface area contributed by atoms with Crippen LogP contribution in [0.2, 0.25) is 0 Å². The van der Waals surface area contributed by atoms with Crippen molar-refractivity contribution in [3.8, 4) is 5.75 Å². The smallest absolute Gasteiger partial charge is 0.127 e. The van der Waals surface area contributed by atoms with E-state index in [1.807, 2.05) is 0 Å². The molecule has 0 radical (unpaired) electrons. The van der Waals surface area contributed by atoms with Gasteiger partial charge in [-0.2, -0.15) is 5.48 Å². The second kappa shape index (κ2) is 4.44. The lowest BCUT2D eigenvalue weighted by molar-refractivity contribution is 0.0283. The third-order valence-electron chi connectivity index (χ3n) is 3.07. The van der Waals surface area contributed by atoms with Gasteiger partial charge in [0.2, 0.25) is 0 Å². The highest BCUT2D eigenvalue weighted by molar-refractivity contribution is 5.48. The van der Waals surface area contributed by atoms with Crippen molar-refractivity contribution in [2.75, 3.05) is 7.11 Å². The van der Waals surface area contributed by atoms with E-state index >= 15 is 0 Å². The molecule has 0 amide bonds. The van der Waals surface area contributed by atoms with Crippen molar-refractivity contribution in [2.24, 2.45) is 0 Å². The largest absolute Gasteiger partial charge is 0.488 e. The van der Waals surface area contributed by atoms with Crippen LogP contribution in [-0.4, -0.2) is 13.2 Å². The molecule has 0 aromatic heterocycles. The van der Waals surface area contributed by atoms with E-state index in [1.54, 1.807) is 7.11 Å². The number of aryl methyl sites for hydroxylation is 2. The predicted molar refractivity (Wildman–Crippen MR) is 63.5 cm³/mol. The molecular weight excluding hydrogens is 202 g/mol. The molecule has 0 aliphatic carbocycles. The molecule has 0 fully saturated rings. The topological polar surface area (TPSA) is 30.5 Å². The van der Waals surface area contributed by atoms with Gasteiger partial charge in [0, 0.05) is 5.56 Å². The van der Waals surface area contributed by atoms with Crippen LogP contribution in [0.1, 0.15) is 36.1 Å². The summed E-state index contributed by atoms with van der Waals surface area (Å²) in [4.78, 5) is 5.06. The summed E-state index contributed by atoms with van der Waals surface area (Å²) >= 11 is 0. The fraction of sp³-hybridized carbons (Fsp3) is 0.538. The van der Waals surface area contributed by atoms with Gasteiger partial charge in [-0.05, 0) is 25.8 Å². The number of nitrogens with one attached hydrogen (secondary N) is 1. The molecule has 0 saturated heterocycles. The van der Waals surface area contributed by atoms with E-state index in [1.165, 1.54) is 16.7 Å². The molecule has 2 rings (SSSR count). The van der Waals surface area contributed by atoms with E-state index < -0.39 is 0 Å². The van der Waals surface area contributed by atoms with Gasteiger partial charge in [0.05, 0.1) is 13.2 Å². The van der Waals surface area contributed by atoms with Crippen molar-refractivity contribution in [1.82, 2.24) is 5.48 Å². The van der Waals surface area contributed by atoms with Crippen LogP contribution in [0.15, 0.2) is 12.1 Å². The average molecular weight is 221 g/mol. The molecular formula is C13H19NO2. The first-order valence-electron chi connectivity index (χ1n) is 5.73. The molecule has 0 spiro atoms. The van der Waals surface area contributed by atoms with Crippen molar-refractivity contribution in [2.45, 2.75) is 39.3 Å². The summed E-state index contributed by atoms with van der Waals surface area (Å²) in [5, 5.41) is 0. The van der Waals surface area contributed by atoms with Crippen LogP contribution in [0.3, 0.4) is 0 Å². The number of rotatable bonds is 3. The van der Waals surface area contributed by atoms with Crippen molar-refractivity contribution < 1.29 is 9.57 Å². The Bertz CT molecular complexity index is 390. The molecule has 1 heterocycles. The zero-order valence-electron chi connectivity index (χ0n) is 10.3. The molecule has 1 aromatic rings. The standard InChI is InChI=1S/C13H19NO2/c1-5-11-12(14-15-4)10-7-8(2)6-9(3)13(10)16-11/h6-7,11-12,14H,5H2,1-4H3. The fourth-order valence-electron chi connectivity index (χ4n) is 2.38. The Hall–Kier alpha value is -1.06. The first kappa shape index (κ1) is 11.4. The minimum absolute atomic E-state index is 0.142. The van der Waals surface area contributed by atoms with E-state index in [-0.39, 0.29) is 12.1 Å². The highest BCUT2D eigenvalue weighted by Crippen LogP contribution is 2.40. The highest BCUT2D eigenvalue weighted by atomic mass is 16.6. The molecule has 1 N–H and O–H groups in total. The fourth-order valence-corrected chi connectivity index (χ4v) is 2.38. The summed E-state index contributed by atoms with van der Waals surface area (Å²) in [7, 11) is 1.65. The maximum absolute atomic E-state index is 5.96. The van der Waals surface area contributed by atoms with Crippen LogP contribution in [0, 0.1) is 13.8 Å². The van der Waals surface area contributed by atoms with Crippen molar-refractivity contribution in [3.05, 3.63) is 28.8 Å². The van der Waals surface area contributed by atoms with Crippen LogP contribution < -0.4 is 10.2 Å². The lowest BCUT2D eigenvalue weighted by Crippen LogP contribution is -2.29. The normalized spacial score (nSPS) is 23.0. The van der Waals surface area contributed by atoms with E-state index in [0.29, 0.717) is 0 Å². The number of hydrogen-bond donors (Lipinski definition) is 1. The minimum Gasteiger partial charge on any atom is -0.488 e. The quantitative estimate of drug-likeness (QED) is 0.796. The van der Waals surface area contributed by atoms with Crippen LogP contribution >= 0.6 is 0 Å². The number of benzene rings is 1. The SMILES string of the molecule is CCC1Oc2c(C)cc(C)cc2C1NOC. The molecule has 1 aliphatic rings. The van der Waals surface area contributed by atoms with Crippen molar-refractivity contribution >= 4 is 0 Å². The van der Waals surface area contributed by atoms with Gasteiger partial charge in [0.15, 0.2) is 0 Å². The Morgan fingerprint density at radius 2 is 2.12 bits per heavy atom. The lowest BCUT2D eigenvalue weighted by atomic mass is 9.99. The Morgan fingerprint density at radius 3 is 2.75 bits per heavy atom. The van der Waals surface area contributed by atoms with Gasteiger partial charge in [0.25, 0.3) is 0 Å². The summed E-state index contributed by atoms with van der Waals surface area (Å²) in [6, 6.07) is 4.47. The molecule has 3 nitrogen and oxygen atoms in total. The van der Waals surface area contributed by atoms with Crippen LogP contribution in [0.4, 0.5) is 0 Å². The van der Waals surface area contributed by atoms with Gasteiger partial charge in [-0.3, -0.25) is 0 Å². The monoisotopic (exact) mass is 221 g/mol. The Balaban J connectivity index is 2.41. The van der Waals surface area contributed by atoms with E-state index in [9.17, 15) is 0 Å². The van der Waals surface area contributed by atoms with Crippen LogP contribution in [-0.2, 0) is 4.84 Å². The number of fused-ring (bicyclic) bond motifs is 1. The molecule has 0 saturated carbocycles. The first-order valence-corrected chi connectivity index (χ1v) is 5.73. The first-order chi connectivity index (χ1) is 7.67. The molecule has 1 aliphatic heterocycles. The zero-order chi connectivity index (χ0) is 11.7. The predicted octanol–water partition coefficient (Wildman–Crippen LogP) is 2.67. The van der Waals surface area contributed by atoms with Crippen molar-refractivity contribution in [3.63, 3.8) is 0 Å². The molecule has 1 aromatic carbocycles. The summed E-state index contributed by atoms with van der Waals surface area (Å²) in [6.07, 6.45) is 1.13. The van der Waals surface area contributed by atoms with Crippen LogP contribution in [0.25, 0.3) is 0 Å². The molecule has 88 valence electrons. The molecule has 0 bridgehead atoms.